The minimum absolute atomic E-state index is 0.154. The van der Waals surface area contributed by atoms with E-state index < -0.39 is 0 Å². The number of para-hydroxylation sites is 1. The number of aromatic nitrogens is 1. The van der Waals surface area contributed by atoms with Crippen LogP contribution in [0.2, 0.25) is 0 Å². The summed E-state index contributed by atoms with van der Waals surface area (Å²) in [6, 6.07) is 14.1. The highest BCUT2D eigenvalue weighted by Crippen LogP contribution is 2.46. The molecule has 2 heterocycles. The van der Waals surface area contributed by atoms with Crippen molar-refractivity contribution in [3.8, 4) is 5.75 Å². The second-order valence-electron chi connectivity index (χ2n) is 10.8. The zero-order valence-corrected chi connectivity index (χ0v) is 22.1. The smallest absolute Gasteiger partial charge is 0.293 e. The summed E-state index contributed by atoms with van der Waals surface area (Å²) in [5.74, 6) is 1.44. The van der Waals surface area contributed by atoms with Crippen molar-refractivity contribution in [2.45, 2.75) is 64.7 Å². The Morgan fingerprint density at radius 1 is 1.09 bits per heavy atom. The van der Waals surface area contributed by atoms with Crippen molar-refractivity contribution in [2.24, 2.45) is 0 Å². The molecule has 1 aliphatic rings. The molecular weight excluding hydrogens is 456 g/mol. The van der Waals surface area contributed by atoms with Crippen LogP contribution in [0.25, 0.3) is 10.2 Å². The molecule has 2 aromatic carbocycles. The van der Waals surface area contributed by atoms with Gasteiger partial charge in [0.25, 0.3) is 5.91 Å². The van der Waals surface area contributed by atoms with E-state index in [1.807, 2.05) is 24.3 Å². The molecule has 2 aromatic heterocycles. The Labute approximate surface area is 210 Å². The highest BCUT2D eigenvalue weighted by Gasteiger charge is 2.37. The van der Waals surface area contributed by atoms with Gasteiger partial charge in [0.2, 0.25) is 0 Å². The Kier molecular flexibility index (Phi) is 5.75. The maximum atomic E-state index is 12.9. The number of aryl methyl sites for hydroxylation is 1. The van der Waals surface area contributed by atoms with Gasteiger partial charge in [0.05, 0.1) is 11.8 Å². The normalized spacial score (nSPS) is 16.2. The summed E-state index contributed by atoms with van der Waals surface area (Å²) in [6.07, 6.45) is 3.03. The molecule has 0 bridgehead atoms. The van der Waals surface area contributed by atoms with Gasteiger partial charge in [-0.15, -0.1) is 0 Å². The topological polar surface area (TPSA) is 64.4 Å². The molecule has 0 saturated heterocycles. The number of hydrogen-bond donors (Lipinski definition) is 1. The second kappa shape index (κ2) is 8.52. The van der Waals surface area contributed by atoms with Crippen LogP contribution in [0.3, 0.4) is 0 Å². The van der Waals surface area contributed by atoms with Gasteiger partial charge in [-0.1, -0.05) is 57.2 Å². The van der Waals surface area contributed by atoms with Crippen molar-refractivity contribution in [1.82, 2.24) is 4.98 Å². The quantitative estimate of drug-likeness (QED) is 0.318. The second-order valence-corrected chi connectivity index (χ2v) is 11.8. The SMILES string of the molecule is COc1cccc2sc(NC(=O)c3ccc(Cc4cc5c(cc4C)C(C)(C)CCC5(C)C)o3)nc12. The van der Waals surface area contributed by atoms with E-state index in [1.165, 1.54) is 46.4 Å². The van der Waals surface area contributed by atoms with E-state index in [2.05, 4.69) is 57.1 Å². The Bertz CT molecular complexity index is 1430. The van der Waals surface area contributed by atoms with E-state index >= 15 is 0 Å². The molecule has 0 fully saturated rings. The number of benzene rings is 2. The Hall–Kier alpha value is -3.12. The predicted octanol–water partition coefficient (Wildman–Crippen LogP) is 7.40. The first-order chi connectivity index (χ1) is 16.6. The van der Waals surface area contributed by atoms with Crippen LogP contribution in [0.15, 0.2) is 46.9 Å². The Morgan fingerprint density at radius 3 is 2.51 bits per heavy atom. The number of hydrogen-bond acceptors (Lipinski definition) is 5. The van der Waals surface area contributed by atoms with Gasteiger partial charge in [0.1, 0.15) is 17.0 Å². The third-order valence-electron chi connectivity index (χ3n) is 7.38. The molecule has 1 N–H and O–H groups in total. The number of rotatable bonds is 5. The molecule has 0 atom stereocenters. The van der Waals surface area contributed by atoms with Crippen molar-refractivity contribution >= 4 is 32.6 Å². The number of anilines is 1. The van der Waals surface area contributed by atoms with Crippen molar-refractivity contribution in [1.29, 1.82) is 0 Å². The molecule has 5 rings (SSSR count). The molecule has 0 unspecified atom stereocenters. The fourth-order valence-corrected chi connectivity index (χ4v) is 5.92. The predicted molar refractivity (Wildman–Crippen MR) is 142 cm³/mol. The van der Waals surface area contributed by atoms with Crippen molar-refractivity contribution in [2.75, 3.05) is 12.4 Å². The number of thiazole rings is 1. The highest BCUT2D eigenvalue weighted by atomic mass is 32.1. The van der Waals surface area contributed by atoms with Crippen molar-refractivity contribution in [3.05, 3.63) is 76.2 Å². The molecule has 0 radical (unpaired) electrons. The van der Waals surface area contributed by atoms with Crippen LogP contribution >= 0.6 is 11.3 Å². The van der Waals surface area contributed by atoms with Gasteiger partial charge in [-0.2, -0.15) is 0 Å². The zero-order valence-electron chi connectivity index (χ0n) is 21.2. The van der Waals surface area contributed by atoms with E-state index in [0.29, 0.717) is 17.3 Å². The van der Waals surface area contributed by atoms with Gasteiger partial charge in [-0.05, 0) is 77.1 Å². The third kappa shape index (κ3) is 4.36. The number of ether oxygens (including phenoxy) is 1. The van der Waals surface area contributed by atoms with Gasteiger partial charge >= 0.3 is 0 Å². The minimum atomic E-state index is -0.306. The molecule has 0 spiro atoms. The summed E-state index contributed by atoms with van der Waals surface area (Å²) in [5, 5.41) is 3.38. The van der Waals surface area contributed by atoms with Crippen LogP contribution < -0.4 is 10.1 Å². The molecule has 35 heavy (non-hydrogen) atoms. The van der Waals surface area contributed by atoms with Crippen LogP contribution in [0.4, 0.5) is 5.13 Å². The average molecular weight is 489 g/mol. The van der Waals surface area contributed by atoms with Gasteiger partial charge in [0.15, 0.2) is 10.9 Å². The van der Waals surface area contributed by atoms with Crippen molar-refractivity contribution < 1.29 is 13.9 Å². The number of methoxy groups -OCH3 is 1. The van der Waals surface area contributed by atoms with Crippen molar-refractivity contribution in [3.63, 3.8) is 0 Å². The lowest BCUT2D eigenvalue weighted by Crippen LogP contribution is -2.34. The van der Waals surface area contributed by atoms with E-state index in [1.54, 1.807) is 13.2 Å². The maximum absolute atomic E-state index is 12.9. The average Bonchev–Trinajstić information content (AvgIpc) is 3.44. The van der Waals surface area contributed by atoms with E-state index in [0.717, 1.165) is 16.0 Å². The monoisotopic (exact) mass is 488 g/mol. The number of amides is 1. The Balaban J connectivity index is 1.36. The molecule has 4 aromatic rings. The summed E-state index contributed by atoms with van der Waals surface area (Å²) in [7, 11) is 1.61. The molecule has 1 aliphatic carbocycles. The summed E-state index contributed by atoms with van der Waals surface area (Å²) >= 11 is 1.41. The number of carbonyl (C=O) groups excluding carboxylic acids is 1. The largest absolute Gasteiger partial charge is 0.494 e. The number of furan rings is 1. The fraction of sp³-hybridized carbons (Fsp3) is 0.379. The summed E-state index contributed by atoms with van der Waals surface area (Å²) < 4.78 is 12.3. The molecule has 0 aliphatic heterocycles. The van der Waals surface area contributed by atoms with E-state index in [4.69, 9.17) is 9.15 Å². The van der Waals surface area contributed by atoms with Crippen LogP contribution in [-0.4, -0.2) is 18.0 Å². The summed E-state index contributed by atoms with van der Waals surface area (Å²) in [6.45, 7) is 11.5. The summed E-state index contributed by atoms with van der Waals surface area (Å²) in [4.78, 5) is 17.4. The van der Waals surface area contributed by atoms with Gasteiger partial charge in [0, 0.05) is 6.42 Å². The maximum Gasteiger partial charge on any atom is 0.293 e. The standard InChI is InChI=1S/C29H32N2O3S/c1-17-14-20-21(29(4,5)13-12-28(20,2)3)16-18(17)15-19-10-11-23(34-19)26(32)31-27-30-25-22(33-6)8-7-9-24(25)35-27/h7-11,14,16H,12-13,15H2,1-6H3,(H,30,31,32). The highest BCUT2D eigenvalue weighted by molar-refractivity contribution is 7.22. The molecule has 6 heteroatoms. The van der Waals surface area contributed by atoms with Crippen LogP contribution in [-0.2, 0) is 17.3 Å². The van der Waals surface area contributed by atoms with E-state index in [9.17, 15) is 4.79 Å². The van der Waals surface area contributed by atoms with Gasteiger partial charge < -0.3 is 9.15 Å². The first-order valence-electron chi connectivity index (χ1n) is 12.1. The number of fused-ring (bicyclic) bond motifs is 2. The van der Waals surface area contributed by atoms with Crippen LogP contribution in [0.1, 0.15) is 79.1 Å². The molecular formula is C29H32N2O3S. The Morgan fingerprint density at radius 2 is 1.80 bits per heavy atom. The molecule has 182 valence electrons. The number of carbonyl (C=O) groups is 1. The minimum Gasteiger partial charge on any atom is -0.494 e. The fourth-order valence-electron chi connectivity index (χ4n) is 5.04. The lowest BCUT2D eigenvalue weighted by Gasteiger charge is -2.42. The summed E-state index contributed by atoms with van der Waals surface area (Å²) in [5.41, 5.74) is 6.49. The van der Waals surface area contributed by atoms with Crippen LogP contribution in [0.5, 0.6) is 5.75 Å². The number of nitrogens with zero attached hydrogens (tertiary/aromatic N) is 1. The molecule has 5 nitrogen and oxygen atoms in total. The third-order valence-corrected chi connectivity index (χ3v) is 8.32. The van der Waals surface area contributed by atoms with E-state index in [-0.39, 0.29) is 22.5 Å². The molecule has 0 saturated carbocycles. The number of nitrogens with one attached hydrogen (secondary N) is 1. The lowest BCUT2D eigenvalue weighted by atomic mass is 9.62. The van der Waals surface area contributed by atoms with Gasteiger partial charge in [-0.3, -0.25) is 10.1 Å². The zero-order chi connectivity index (χ0) is 25.0. The molecule has 1 amide bonds. The van der Waals surface area contributed by atoms with Crippen LogP contribution in [0, 0.1) is 6.92 Å². The first-order valence-corrected chi connectivity index (χ1v) is 12.9. The van der Waals surface area contributed by atoms with Gasteiger partial charge in [-0.25, -0.2) is 4.98 Å². The first kappa shape index (κ1) is 23.6. The lowest BCUT2D eigenvalue weighted by molar-refractivity contribution is 0.0995.